The predicted octanol–water partition coefficient (Wildman–Crippen LogP) is 7.84. The van der Waals surface area contributed by atoms with Gasteiger partial charge in [0, 0.05) is 12.7 Å². The average molecular weight is 574 g/mol. The zero-order valence-electron chi connectivity index (χ0n) is 23.9. The van der Waals surface area contributed by atoms with Crippen molar-refractivity contribution in [1.29, 1.82) is 5.26 Å². The van der Waals surface area contributed by atoms with E-state index in [0.29, 0.717) is 6.61 Å². The third-order valence-electron chi connectivity index (χ3n) is 6.54. The second-order valence-corrected chi connectivity index (χ2v) is 11.2. The van der Waals surface area contributed by atoms with Gasteiger partial charge in [0.2, 0.25) is 0 Å². The van der Waals surface area contributed by atoms with Crippen molar-refractivity contribution in [2.75, 3.05) is 26.9 Å². The van der Waals surface area contributed by atoms with Gasteiger partial charge in [-0.1, -0.05) is 103 Å². The molecule has 0 aliphatic rings. The monoisotopic (exact) mass is 573 g/mol. The van der Waals surface area contributed by atoms with E-state index in [9.17, 15) is 8.96 Å². The SMILES string of the molecule is CCCCCCCCCCCCCCCCCCOC[C@H](COP(=O)(O)O)Oc1cc(OC)c(C#N)cc1F. The number of unbranched alkanes of at least 4 members (excludes halogenated alkanes) is 15. The van der Waals surface area contributed by atoms with Crippen LogP contribution in [-0.2, 0) is 13.8 Å². The first-order valence-corrected chi connectivity index (χ1v) is 16.1. The van der Waals surface area contributed by atoms with Crippen molar-refractivity contribution in [3.05, 3.63) is 23.5 Å². The molecule has 0 spiro atoms. The van der Waals surface area contributed by atoms with Crippen molar-refractivity contribution in [3.63, 3.8) is 0 Å². The molecule has 224 valence electrons. The summed E-state index contributed by atoms with van der Waals surface area (Å²) < 4.78 is 46.3. The van der Waals surface area contributed by atoms with Gasteiger partial charge in [-0.05, 0) is 12.5 Å². The summed E-state index contributed by atoms with van der Waals surface area (Å²) in [6.45, 7) is 2.17. The molecule has 0 heterocycles. The van der Waals surface area contributed by atoms with Gasteiger partial charge in [0.15, 0.2) is 11.6 Å². The van der Waals surface area contributed by atoms with Crippen molar-refractivity contribution >= 4 is 7.82 Å². The van der Waals surface area contributed by atoms with Crippen molar-refractivity contribution in [2.45, 2.75) is 116 Å². The van der Waals surface area contributed by atoms with Gasteiger partial charge in [-0.25, -0.2) is 8.96 Å². The molecule has 39 heavy (non-hydrogen) atoms. The first-order chi connectivity index (χ1) is 18.8. The lowest BCUT2D eigenvalue weighted by Gasteiger charge is -2.20. The molecule has 1 aromatic rings. The maximum Gasteiger partial charge on any atom is 0.469 e. The molecule has 0 bridgehead atoms. The molecular weight excluding hydrogens is 524 g/mol. The summed E-state index contributed by atoms with van der Waals surface area (Å²) in [4.78, 5) is 18.1. The molecule has 1 atom stereocenters. The molecule has 0 radical (unpaired) electrons. The van der Waals surface area contributed by atoms with Gasteiger partial charge < -0.3 is 24.0 Å². The van der Waals surface area contributed by atoms with Crippen LogP contribution in [0.15, 0.2) is 12.1 Å². The molecule has 2 N–H and O–H groups in total. The van der Waals surface area contributed by atoms with Crippen LogP contribution in [0.5, 0.6) is 11.5 Å². The topological polar surface area (TPSA) is 118 Å². The van der Waals surface area contributed by atoms with Gasteiger partial charge in [0.25, 0.3) is 0 Å². The molecule has 0 aromatic heterocycles. The van der Waals surface area contributed by atoms with Crippen LogP contribution in [0.25, 0.3) is 0 Å². The molecule has 0 unspecified atom stereocenters. The van der Waals surface area contributed by atoms with Gasteiger partial charge in [-0.2, -0.15) is 5.26 Å². The lowest BCUT2D eigenvalue weighted by atomic mass is 10.0. The van der Waals surface area contributed by atoms with Gasteiger partial charge in [-0.3, -0.25) is 4.52 Å². The summed E-state index contributed by atoms with van der Waals surface area (Å²) in [6, 6.07) is 4.02. The molecule has 0 aliphatic carbocycles. The molecule has 0 amide bonds. The first kappa shape index (κ1) is 35.3. The second kappa shape index (κ2) is 22.1. The Hall–Kier alpha value is -1.69. The second-order valence-electron chi connectivity index (χ2n) is 10.00. The number of hydrogen-bond acceptors (Lipinski definition) is 6. The number of benzene rings is 1. The number of methoxy groups -OCH3 is 1. The number of ether oxygens (including phenoxy) is 3. The molecular formula is C29H49FNO7P. The van der Waals surface area contributed by atoms with E-state index in [1.165, 1.54) is 96.6 Å². The zero-order chi connectivity index (χ0) is 28.8. The minimum Gasteiger partial charge on any atom is -0.495 e. The summed E-state index contributed by atoms with van der Waals surface area (Å²) in [7, 11) is -3.40. The number of rotatable bonds is 25. The Morgan fingerprint density at radius 2 is 1.36 bits per heavy atom. The summed E-state index contributed by atoms with van der Waals surface area (Å²) in [5, 5.41) is 9.08. The van der Waals surface area contributed by atoms with Crippen molar-refractivity contribution in [3.8, 4) is 17.6 Å². The van der Waals surface area contributed by atoms with E-state index in [0.717, 1.165) is 25.3 Å². The largest absolute Gasteiger partial charge is 0.495 e. The Balaban J connectivity index is 2.20. The minimum atomic E-state index is -4.74. The Morgan fingerprint density at radius 1 is 0.846 bits per heavy atom. The minimum absolute atomic E-state index is 0.00474. The fourth-order valence-electron chi connectivity index (χ4n) is 4.32. The molecule has 8 nitrogen and oxygen atoms in total. The first-order valence-electron chi connectivity index (χ1n) is 14.5. The molecule has 0 saturated carbocycles. The van der Waals surface area contributed by atoms with Gasteiger partial charge >= 0.3 is 7.82 Å². The highest BCUT2D eigenvalue weighted by atomic mass is 31.2. The third kappa shape index (κ3) is 18.3. The van der Waals surface area contributed by atoms with Crippen LogP contribution in [-0.4, -0.2) is 42.8 Å². The molecule has 1 aromatic carbocycles. The number of phosphoric ester groups is 1. The van der Waals surface area contributed by atoms with Crippen LogP contribution in [0.4, 0.5) is 4.39 Å². The van der Waals surface area contributed by atoms with E-state index in [1.54, 1.807) is 0 Å². The number of nitrogens with zero attached hydrogens (tertiary/aromatic N) is 1. The smallest absolute Gasteiger partial charge is 0.469 e. The normalized spacial score (nSPS) is 12.3. The lowest BCUT2D eigenvalue weighted by Crippen LogP contribution is -2.29. The van der Waals surface area contributed by atoms with Crippen LogP contribution in [0.3, 0.4) is 0 Å². The number of hydrogen-bond donors (Lipinski definition) is 2. The van der Waals surface area contributed by atoms with Gasteiger partial charge in [0.05, 0.1) is 25.9 Å². The van der Waals surface area contributed by atoms with Crippen LogP contribution in [0, 0.1) is 17.1 Å². The highest BCUT2D eigenvalue weighted by Gasteiger charge is 2.22. The van der Waals surface area contributed by atoms with Crippen molar-refractivity contribution in [2.24, 2.45) is 0 Å². The highest BCUT2D eigenvalue weighted by molar-refractivity contribution is 7.46. The maximum atomic E-state index is 14.4. The van der Waals surface area contributed by atoms with Crippen molar-refractivity contribution < 1.29 is 37.5 Å². The molecule has 1 rings (SSSR count). The van der Waals surface area contributed by atoms with Gasteiger partial charge in [-0.15, -0.1) is 0 Å². The Labute approximate surface area is 234 Å². The fourth-order valence-corrected chi connectivity index (χ4v) is 4.68. The molecule has 0 saturated heterocycles. The van der Waals surface area contributed by atoms with E-state index in [1.807, 2.05) is 6.07 Å². The fraction of sp³-hybridized carbons (Fsp3) is 0.759. The predicted molar refractivity (Wildman–Crippen MR) is 150 cm³/mol. The summed E-state index contributed by atoms with van der Waals surface area (Å²) >= 11 is 0. The summed E-state index contributed by atoms with van der Waals surface area (Å²) in [5.74, 6) is -0.903. The molecule has 10 heteroatoms. The number of phosphoric acid groups is 1. The van der Waals surface area contributed by atoms with E-state index in [4.69, 9.17) is 29.3 Å². The Kier molecular flexibility index (Phi) is 20.0. The quantitative estimate of drug-likeness (QED) is 0.0897. The third-order valence-corrected chi connectivity index (χ3v) is 7.03. The van der Waals surface area contributed by atoms with Crippen LogP contribution < -0.4 is 9.47 Å². The maximum absolute atomic E-state index is 14.4. The summed E-state index contributed by atoms with van der Waals surface area (Å²) in [6.07, 6.45) is 19.5. The van der Waals surface area contributed by atoms with Crippen LogP contribution in [0.1, 0.15) is 115 Å². The van der Waals surface area contributed by atoms with Gasteiger partial charge in [0.1, 0.15) is 17.9 Å². The molecule has 0 aliphatic heterocycles. The van der Waals surface area contributed by atoms with E-state index < -0.39 is 26.4 Å². The number of halogens is 1. The molecule has 0 fully saturated rings. The Morgan fingerprint density at radius 3 is 1.82 bits per heavy atom. The van der Waals surface area contributed by atoms with E-state index in [2.05, 4.69) is 11.4 Å². The van der Waals surface area contributed by atoms with Crippen LogP contribution >= 0.6 is 7.82 Å². The highest BCUT2D eigenvalue weighted by Crippen LogP contribution is 2.36. The van der Waals surface area contributed by atoms with Crippen LogP contribution in [0.2, 0.25) is 0 Å². The summed E-state index contributed by atoms with van der Waals surface area (Å²) in [5.41, 5.74) is 0.00474. The Bertz CT molecular complexity index is 859. The number of nitriles is 1. The van der Waals surface area contributed by atoms with Crippen molar-refractivity contribution in [1.82, 2.24) is 0 Å². The zero-order valence-corrected chi connectivity index (χ0v) is 24.8. The lowest BCUT2D eigenvalue weighted by molar-refractivity contribution is 0.0162. The van der Waals surface area contributed by atoms with E-state index in [-0.39, 0.29) is 23.7 Å². The van der Waals surface area contributed by atoms with E-state index >= 15 is 0 Å². The standard InChI is InChI=1S/C29H49FNO7P/c1-3-4-5-6-7-8-9-10-11-12-13-14-15-16-17-18-19-36-23-26(24-37-39(32,33)34)38-29-21-28(35-2)25(22-31)20-27(29)30/h20-21,26H,3-19,23-24H2,1-2H3,(H2,32,33,34)/t26-/m1/s1. The average Bonchev–Trinajstić information content (AvgIpc) is 2.91.